The summed E-state index contributed by atoms with van der Waals surface area (Å²) in [5, 5.41) is 12.7. The van der Waals surface area contributed by atoms with Gasteiger partial charge in [-0.05, 0) is 88.8 Å². The molecule has 4 aromatic rings. The first-order valence-electron chi connectivity index (χ1n) is 20.6. The zero-order valence-electron chi connectivity index (χ0n) is 33.4. The number of pyridine rings is 1. The van der Waals surface area contributed by atoms with Crippen molar-refractivity contribution in [2.24, 2.45) is 0 Å². The van der Waals surface area contributed by atoms with Gasteiger partial charge in [0.25, 0.3) is 0 Å². The molecule has 0 atom stereocenters. The molecule has 0 bridgehead atoms. The number of fused-ring (bicyclic) bond motifs is 2. The van der Waals surface area contributed by atoms with Crippen LogP contribution < -0.4 is 11.0 Å². The van der Waals surface area contributed by atoms with E-state index in [0.29, 0.717) is 38.9 Å². The van der Waals surface area contributed by atoms with E-state index in [4.69, 9.17) is 4.98 Å². The van der Waals surface area contributed by atoms with Gasteiger partial charge in [0, 0.05) is 44.8 Å². The molecule has 2 amide bonds. The minimum absolute atomic E-state index is 0.0444. The highest BCUT2D eigenvalue weighted by molar-refractivity contribution is 5.77. The molecule has 5 rings (SSSR count). The van der Waals surface area contributed by atoms with Crippen LogP contribution in [0.4, 0.5) is 4.79 Å². The lowest BCUT2D eigenvalue weighted by Gasteiger charge is -2.19. The van der Waals surface area contributed by atoms with Crippen molar-refractivity contribution in [1.82, 2.24) is 33.9 Å². The van der Waals surface area contributed by atoms with Crippen molar-refractivity contribution < 1.29 is 14.7 Å². The summed E-state index contributed by atoms with van der Waals surface area (Å²) in [5.41, 5.74) is 3.48. The lowest BCUT2D eigenvalue weighted by molar-refractivity contribution is -0.121. The Labute approximate surface area is 336 Å². The number of nitrogens with zero attached hydrogens (tertiary/aromatic N) is 6. The van der Waals surface area contributed by atoms with E-state index in [1.54, 1.807) is 17.0 Å². The molecule has 0 spiro atoms. The zero-order chi connectivity index (χ0) is 40.1. The van der Waals surface area contributed by atoms with Gasteiger partial charge in [-0.15, -0.1) is 0 Å². The maximum absolute atomic E-state index is 13.6. The van der Waals surface area contributed by atoms with Gasteiger partial charge in [-0.25, -0.2) is 14.6 Å². The molecule has 3 aromatic heterocycles. The summed E-state index contributed by atoms with van der Waals surface area (Å²) in [4.78, 5) is 48.6. The van der Waals surface area contributed by atoms with Gasteiger partial charge in [0.15, 0.2) is 0 Å². The van der Waals surface area contributed by atoms with E-state index in [9.17, 15) is 19.5 Å². The van der Waals surface area contributed by atoms with E-state index < -0.39 is 6.09 Å². The maximum atomic E-state index is 13.6. The van der Waals surface area contributed by atoms with Gasteiger partial charge in [0.1, 0.15) is 5.82 Å². The minimum atomic E-state index is -1.00. The fourth-order valence-electron chi connectivity index (χ4n) is 6.75. The number of para-hydroxylation sites is 2. The summed E-state index contributed by atoms with van der Waals surface area (Å²) in [6.45, 7) is 3.93. The lowest BCUT2D eigenvalue weighted by Crippen LogP contribution is -2.38. The predicted molar refractivity (Wildman–Crippen MR) is 230 cm³/mol. The highest BCUT2D eigenvalue weighted by Crippen LogP contribution is 2.36. The number of aromatic nitrogens is 5. The summed E-state index contributed by atoms with van der Waals surface area (Å²) in [5.74, 6) is 0.688. The SMILES string of the molecule is CC/C=C\C/C=C\C/C=C\C/C=C\C/C=C\C/C=C\CCC(=O)NCCN(CCCCn1c(Cn2c(=O)n(C3CC3)c3ccncc32)nc2ccccc21)C(=O)O. The first-order valence-corrected chi connectivity index (χ1v) is 20.6. The molecular weight excluding hydrogens is 715 g/mol. The van der Waals surface area contributed by atoms with Gasteiger partial charge in [-0.3, -0.25) is 18.9 Å². The van der Waals surface area contributed by atoms with E-state index in [1.807, 2.05) is 41.0 Å². The third kappa shape index (κ3) is 13.5. The molecule has 2 N–H and O–H groups in total. The number of benzene rings is 1. The van der Waals surface area contributed by atoms with Gasteiger partial charge < -0.3 is 19.9 Å². The smallest absolute Gasteiger partial charge is 0.407 e. The van der Waals surface area contributed by atoms with Gasteiger partial charge in [0.05, 0.1) is 34.8 Å². The molecule has 1 fully saturated rings. The Morgan fingerprint density at radius 3 is 2.11 bits per heavy atom. The number of hydrogen-bond acceptors (Lipinski definition) is 5. The van der Waals surface area contributed by atoms with Crippen LogP contribution in [0.3, 0.4) is 0 Å². The van der Waals surface area contributed by atoms with Crippen molar-refractivity contribution in [1.29, 1.82) is 0 Å². The van der Waals surface area contributed by atoms with Crippen molar-refractivity contribution in [3.05, 3.63) is 132 Å². The first-order chi connectivity index (χ1) is 28.0. The second-order valence-electron chi connectivity index (χ2n) is 14.3. The average molecular weight is 774 g/mol. The van der Waals surface area contributed by atoms with E-state index >= 15 is 0 Å². The summed E-state index contributed by atoms with van der Waals surface area (Å²) in [6, 6.07) is 10.1. The topological polar surface area (TPSA) is 127 Å². The normalized spacial score (nSPS) is 13.7. The Kier molecular flexibility index (Phi) is 17.4. The van der Waals surface area contributed by atoms with Crippen LogP contribution in [0.25, 0.3) is 22.1 Å². The van der Waals surface area contributed by atoms with Crippen LogP contribution in [0.5, 0.6) is 0 Å². The Bertz CT molecular complexity index is 2130. The molecule has 11 heteroatoms. The number of imidazole rings is 2. The van der Waals surface area contributed by atoms with Crippen LogP contribution in [-0.4, -0.2) is 65.3 Å². The molecule has 3 heterocycles. The van der Waals surface area contributed by atoms with Crippen molar-refractivity contribution in [2.75, 3.05) is 19.6 Å². The summed E-state index contributed by atoms with van der Waals surface area (Å²) < 4.78 is 5.80. The van der Waals surface area contributed by atoms with Crippen LogP contribution in [0.15, 0.2) is 120 Å². The van der Waals surface area contributed by atoms with Crippen molar-refractivity contribution in [2.45, 2.75) is 103 Å². The summed E-state index contributed by atoms with van der Waals surface area (Å²) >= 11 is 0. The standard InChI is InChI=1S/C46H59N7O4/c1-2-3-4-5-6-7-8-9-10-11-12-13-14-15-16-17-18-19-20-27-44(54)48-32-35-50(46(56)57)33-23-24-34-51-40-26-22-21-25-39(40)49-43(51)37-52-42-36-47-31-30-41(42)53(45(52)55)38-28-29-38/h3-4,6-7,9-10,12-13,15-16,18-19,21-22,25-26,30-31,36,38H,2,5,8,11,14,17,20,23-24,27-29,32-35,37H2,1H3,(H,48,54)(H,56,57)/b4-3-,7-6-,10-9-,13-12-,16-15-,19-18-. The number of allylic oxidation sites excluding steroid dienone is 12. The lowest BCUT2D eigenvalue weighted by atomic mass is 10.2. The molecule has 0 radical (unpaired) electrons. The van der Waals surface area contributed by atoms with E-state index in [1.165, 1.54) is 4.90 Å². The molecule has 11 nitrogen and oxygen atoms in total. The van der Waals surface area contributed by atoms with Crippen LogP contribution in [0, 0.1) is 0 Å². The first kappa shape index (κ1) is 42.4. The van der Waals surface area contributed by atoms with E-state index in [2.05, 4.69) is 88.6 Å². The maximum Gasteiger partial charge on any atom is 0.407 e. The second-order valence-corrected chi connectivity index (χ2v) is 14.3. The second kappa shape index (κ2) is 23.4. The predicted octanol–water partition coefficient (Wildman–Crippen LogP) is 9.29. The van der Waals surface area contributed by atoms with Gasteiger partial charge in [-0.1, -0.05) is 92.0 Å². The molecule has 0 aliphatic heterocycles. The number of hydrogen-bond donors (Lipinski definition) is 2. The van der Waals surface area contributed by atoms with Crippen molar-refractivity contribution in [3.63, 3.8) is 0 Å². The molecule has 1 aliphatic carbocycles. The van der Waals surface area contributed by atoms with Crippen molar-refractivity contribution in [3.8, 4) is 0 Å². The van der Waals surface area contributed by atoms with Gasteiger partial charge >= 0.3 is 11.8 Å². The number of amides is 2. The monoisotopic (exact) mass is 773 g/mol. The third-order valence-electron chi connectivity index (χ3n) is 9.88. The van der Waals surface area contributed by atoms with Crippen molar-refractivity contribution >= 4 is 34.1 Å². The molecule has 0 unspecified atom stereocenters. The number of nitrogens with one attached hydrogen (secondary N) is 1. The third-order valence-corrected chi connectivity index (χ3v) is 9.88. The average Bonchev–Trinajstić information content (AvgIpc) is 3.93. The number of aryl methyl sites for hydroxylation is 1. The Hall–Kier alpha value is -5.71. The summed E-state index contributed by atoms with van der Waals surface area (Å²) in [6.07, 6.45) is 38.4. The molecule has 1 saturated carbocycles. The van der Waals surface area contributed by atoms with Crippen LogP contribution in [-0.2, 0) is 17.9 Å². The molecule has 0 saturated heterocycles. The van der Waals surface area contributed by atoms with E-state index in [0.717, 1.165) is 85.7 Å². The zero-order valence-corrected chi connectivity index (χ0v) is 33.4. The molecule has 57 heavy (non-hydrogen) atoms. The van der Waals surface area contributed by atoms with Crippen LogP contribution in [0.2, 0.25) is 0 Å². The van der Waals surface area contributed by atoms with Crippen LogP contribution in [0.1, 0.15) is 95.8 Å². The largest absolute Gasteiger partial charge is 0.465 e. The molecular formula is C46H59N7O4. The fourth-order valence-corrected chi connectivity index (χ4v) is 6.75. The van der Waals surface area contributed by atoms with E-state index in [-0.39, 0.29) is 30.7 Å². The summed E-state index contributed by atoms with van der Waals surface area (Å²) in [7, 11) is 0. The number of carbonyl (C=O) groups is 2. The minimum Gasteiger partial charge on any atom is -0.465 e. The number of carbonyl (C=O) groups excluding carboxylic acids is 1. The number of unbranched alkanes of at least 4 members (excludes halogenated alkanes) is 1. The molecule has 1 aromatic carbocycles. The quantitative estimate of drug-likeness (QED) is 0.0511. The molecule has 302 valence electrons. The van der Waals surface area contributed by atoms with Crippen LogP contribution >= 0.6 is 0 Å². The number of carboxylic acid groups (broad SMARTS) is 1. The molecule has 1 aliphatic rings. The van der Waals surface area contributed by atoms with Gasteiger partial charge in [0.2, 0.25) is 5.91 Å². The Morgan fingerprint density at radius 2 is 1.46 bits per heavy atom. The Balaban J connectivity index is 0.974. The van der Waals surface area contributed by atoms with Gasteiger partial charge in [-0.2, -0.15) is 0 Å². The Morgan fingerprint density at radius 1 is 0.807 bits per heavy atom. The highest BCUT2D eigenvalue weighted by Gasteiger charge is 2.29. The number of rotatable bonds is 25. The highest BCUT2D eigenvalue weighted by atomic mass is 16.4. The fraction of sp³-hybridized carbons (Fsp3) is 0.413.